The second kappa shape index (κ2) is 7.71. The zero-order chi connectivity index (χ0) is 16.1. The minimum Gasteiger partial charge on any atom is -0.454 e. The molecule has 0 saturated carbocycles. The van der Waals surface area contributed by atoms with E-state index in [1.807, 2.05) is 6.07 Å². The average molecular weight is 317 g/mol. The van der Waals surface area contributed by atoms with E-state index in [-0.39, 0.29) is 0 Å². The molecular weight excluding hydrogens is 290 g/mol. The highest BCUT2D eigenvalue weighted by Crippen LogP contribution is 2.33. The Bertz CT molecular complexity index is 537. The smallest absolute Gasteiger partial charge is 0.231 e. The van der Waals surface area contributed by atoms with Crippen molar-refractivity contribution in [3.63, 3.8) is 0 Å². The molecule has 1 unspecified atom stereocenters. The summed E-state index contributed by atoms with van der Waals surface area (Å²) in [6.45, 7) is 4.44. The van der Waals surface area contributed by atoms with Gasteiger partial charge in [0.05, 0.1) is 0 Å². The van der Waals surface area contributed by atoms with Crippen molar-refractivity contribution in [1.82, 2.24) is 4.90 Å². The fourth-order valence-electron chi connectivity index (χ4n) is 3.48. The van der Waals surface area contributed by atoms with E-state index in [4.69, 9.17) is 9.47 Å². The van der Waals surface area contributed by atoms with Crippen molar-refractivity contribution in [2.45, 2.75) is 51.9 Å². The lowest BCUT2D eigenvalue weighted by molar-refractivity contribution is -0.132. The summed E-state index contributed by atoms with van der Waals surface area (Å²) in [7, 11) is 0. The molecule has 1 saturated heterocycles. The van der Waals surface area contributed by atoms with Gasteiger partial charge in [-0.3, -0.25) is 4.79 Å². The van der Waals surface area contributed by atoms with Crippen molar-refractivity contribution in [2.24, 2.45) is 5.92 Å². The van der Waals surface area contributed by atoms with E-state index >= 15 is 0 Å². The van der Waals surface area contributed by atoms with Gasteiger partial charge in [-0.2, -0.15) is 0 Å². The lowest BCUT2D eigenvalue weighted by Gasteiger charge is -2.27. The molecule has 2 aliphatic rings. The van der Waals surface area contributed by atoms with Crippen LogP contribution in [0.25, 0.3) is 0 Å². The second-order valence-electron chi connectivity index (χ2n) is 6.65. The Morgan fingerprint density at radius 3 is 2.74 bits per heavy atom. The van der Waals surface area contributed by atoms with Crippen LogP contribution in [0.5, 0.6) is 11.5 Å². The number of nitrogens with zero attached hydrogens (tertiary/aromatic N) is 1. The SMILES string of the molecule is CCC(CCC(=O)N1CCCCC1)Cc1ccc2c(c1)OCO2. The fraction of sp³-hybridized carbons (Fsp3) is 0.632. The summed E-state index contributed by atoms with van der Waals surface area (Å²) in [5.41, 5.74) is 1.27. The molecule has 0 bridgehead atoms. The van der Waals surface area contributed by atoms with Gasteiger partial charge >= 0.3 is 0 Å². The maximum atomic E-state index is 12.3. The first-order valence-corrected chi connectivity index (χ1v) is 8.92. The summed E-state index contributed by atoms with van der Waals surface area (Å²) < 4.78 is 10.8. The minimum atomic E-state index is 0.320. The highest BCUT2D eigenvalue weighted by Gasteiger charge is 2.19. The molecule has 0 N–H and O–H groups in total. The molecule has 0 spiro atoms. The quantitative estimate of drug-likeness (QED) is 0.801. The Morgan fingerprint density at radius 2 is 1.96 bits per heavy atom. The molecule has 0 aliphatic carbocycles. The van der Waals surface area contributed by atoms with Crippen LogP contribution >= 0.6 is 0 Å². The standard InChI is InChI=1S/C19H27NO3/c1-2-15(7-9-19(21)20-10-4-3-5-11-20)12-16-6-8-17-18(13-16)23-14-22-17/h6,8,13,15H,2-5,7,9-12,14H2,1H3. The highest BCUT2D eigenvalue weighted by molar-refractivity contribution is 5.76. The third-order valence-electron chi connectivity index (χ3n) is 5.01. The predicted octanol–water partition coefficient (Wildman–Crippen LogP) is 3.78. The highest BCUT2D eigenvalue weighted by atomic mass is 16.7. The Balaban J connectivity index is 1.50. The lowest BCUT2D eigenvalue weighted by Crippen LogP contribution is -2.35. The molecule has 2 heterocycles. The van der Waals surface area contributed by atoms with Crippen LogP contribution in [0.3, 0.4) is 0 Å². The lowest BCUT2D eigenvalue weighted by atomic mass is 9.92. The van der Waals surface area contributed by atoms with Crippen LogP contribution in [0.1, 0.15) is 51.0 Å². The first-order valence-electron chi connectivity index (χ1n) is 8.92. The molecule has 0 radical (unpaired) electrons. The number of piperidine rings is 1. The zero-order valence-corrected chi connectivity index (χ0v) is 14.1. The van der Waals surface area contributed by atoms with Crippen molar-refractivity contribution < 1.29 is 14.3 Å². The number of rotatable bonds is 6. The van der Waals surface area contributed by atoms with E-state index in [0.717, 1.165) is 43.9 Å². The van der Waals surface area contributed by atoms with Crippen LogP contribution in [0, 0.1) is 5.92 Å². The van der Waals surface area contributed by atoms with E-state index in [9.17, 15) is 4.79 Å². The monoisotopic (exact) mass is 317 g/mol. The molecule has 1 aromatic rings. The molecule has 4 heteroatoms. The minimum absolute atomic E-state index is 0.320. The summed E-state index contributed by atoms with van der Waals surface area (Å²) in [4.78, 5) is 14.4. The first-order chi connectivity index (χ1) is 11.3. The molecule has 1 fully saturated rings. The fourth-order valence-corrected chi connectivity index (χ4v) is 3.48. The number of likely N-dealkylation sites (tertiary alicyclic amines) is 1. The number of ether oxygens (including phenoxy) is 2. The summed E-state index contributed by atoms with van der Waals surface area (Å²) in [5, 5.41) is 0. The van der Waals surface area contributed by atoms with Crippen LogP contribution in [0.2, 0.25) is 0 Å². The number of hydrogen-bond acceptors (Lipinski definition) is 3. The van der Waals surface area contributed by atoms with Gasteiger partial charge in [0.15, 0.2) is 11.5 Å². The van der Waals surface area contributed by atoms with Gasteiger partial charge in [0, 0.05) is 19.5 Å². The third kappa shape index (κ3) is 4.18. The Kier molecular flexibility index (Phi) is 5.42. The number of carbonyl (C=O) groups excluding carboxylic acids is 1. The largest absolute Gasteiger partial charge is 0.454 e. The molecule has 1 aromatic carbocycles. The molecule has 4 nitrogen and oxygen atoms in total. The molecule has 3 rings (SSSR count). The molecular formula is C19H27NO3. The number of carbonyl (C=O) groups is 1. The zero-order valence-electron chi connectivity index (χ0n) is 14.1. The summed E-state index contributed by atoms with van der Waals surface area (Å²) in [6, 6.07) is 6.18. The Labute approximate surface area is 138 Å². The van der Waals surface area contributed by atoms with Crippen LogP contribution in [0.4, 0.5) is 0 Å². The Hall–Kier alpha value is -1.71. The predicted molar refractivity (Wildman–Crippen MR) is 89.7 cm³/mol. The number of amides is 1. The van der Waals surface area contributed by atoms with Gasteiger partial charge < -0.3 is 14.4 Å². The van der Waals surface area contributed by atoms with Gasteiger partial charge in [-0.15, -0.1) is 0 Å². The van der Waals surface area contributed by atoms with Gasteiger partial charge in [-0.05, 0) is 55.7 Å². The van der Waals surface area contributed by atoms with E-state index in [2.05, 4.69) is 24.0 Å². The normalized spacial score (nSPS) is 18.0. The summed E-state index contributed by atoms with van der Waals surface area (Å²) >= 11 is 0. The van der Waals surface area contributed by atoms with Gasteiger partial charge in [0.2, 0.25) is 12.7 Å². The van der Waals surface area contributed by atoms with E-state index in [1.165, 1.54) is 24.8 Å². The van der Waals surface area contributed by atoms with E-state index < -0.39 is 0 Å². The molecule has 2 aliphatic heterocycles. The topological polar surface area (TPSA) is 38.8 Å². The van der Waals surface area contributed by atoms with Crippen molar-refractivity contribution in [3.05, 3.63) is 23.8 Å². The van der Waals surface area contributed by atoms with E-state index in [0.29, 0.717) is 25.0 Å². The molecule has 1 amide bonds. The number of hydrogen-bond donors (Lipinski definition) is 0. The van der Waals surface area contributed by atoms with Gasteiger partial charge in [0.1, 0.15) is 0 Å². The van der Waals surface area contributed by atoms with Crippen molar-refractivity contribution in [2.75, 3.05) is 19.9 Å². The van der Waals surface area contributed by atoms with Crippen LogP contribution in [-0.2, 0) is 11.2 Å². The Morgan fingerprint density at radius 1 is 1.17 bits per heavy atom. The van der Waals surface area contributed by atoms with Crippen LogP contribution in [-0.4, -0.2) is 30.7 Å². The molecule has 0 aromatic heterocycles. The maximum absolute atomic E-state index is 12.3. The number of benzene rings is 1. The van der Waals surface area contributed by atoms with E-state index in [1.54, 1.807) is 0 Å². The van der Waals surface area contributed by atoms with Crippen molar-refractivity contribution in [3.8, 4) is 11.5 Å². The first kappa shape index (κ1) is 16.2. The molecule has 126 valence electrons. The van der Waals surface area contributed by atoms with Gasteiger partial charge in [-0.1, -0.05) is 19.4 Å². The van der Waals surface area contributed by atoms with Crippen molar-refractivity contribution in [1.29, 1.82) is 0 Å². The maximum Gasteiger partial charge on any atom is 0.231 e. The summed E-state index contributed by atoms with van der Waals surface area (Å²) in [6.07, 6.45) is 7.36. The van der Waals surface area contributed by atoms with Crippen LogP contribution < -0.4 is 9.47 Å². The average Bonchev–Trinajstić information content (AvgIpc) is 3.06. The van der Waals surface area contributed by atoms with Crippen LogP contribution in [0.15, 0.2) is 18.2 Å². The number of fused-ring (bicyclic) bond motifs is 1. The van der Waals surface area contributed by atoms with Gasteiger partial charge in [0.25, 0.3) is 0 Å². The van der Waals surface area contributed by atoms with Crippen molar-refractivity contribution >= 4 is 5.91 Å². The molecule has 1 atom stereocenters. The second-order valence-corrected chi connectivity index (χ2v) is 6.65. The van der Waals surface area contributed by atoms with Gasteiger partial charge in [-0.25, -0.2) is 0 Å². The molecule has 23 heavy (non-hydrogen) atoms. The third-order valence-corrected chi connectivity index (χ3v) is 5.01. The summed E-state index contributed by atoms with van der Waals surface area (Å²) in [5.74, 6) is 2.57.